The van der Waals surface area contributed by atoms with Crippen LogP contribution in [-0.2, 0) is 14.3 Å². The third-order valence-corrected chi connectivity index (χ3v) is 1.05. The summed E-state index contributed by atoms with van der Waals surface area (Å²) in [4.78, 5) is 10.4. The van der Waals surface area contributed by atoms with Gasteiger partial charge in [-0.2, -0.15) is 0 Å². The van der Waals surface area contributed by atoms with E-state index in [1.807, 2.05) is 13.8 Å². The highest BCUT2D eigenvalue weighted by molar-refractivity contribution is 5.86. The summed E-state index contributed by atoms with van der Waals surface area (Å²) in [5.41, 5.74) is 5.63. The standard InChI is InChI=1S/C6H10O2.C4H11NO/c1-4-8-6(7)5(2)3;1-3-6-4(2)5/h2,4H2,1,3H3;4H,3,5H2,1-2H3. The van der Waals surface area contributed by atoms with Gasteiger partial charge in [-0.25, -0.2) is 4.79 Å². The summed E-state index contributed by atoms with van der Waals surface area (Å²) >= 11 is 0. The van der Waals surface area contributed by atoms with Gasteiger partial charge in [0, 0.05) is 12.2 Å². The summed E-state index contributed by atoms with van der Waals surface area (Å²) < 4.78 is 9.38. The Hall–Kier alpha value is -0.870. The first-order chi connectivity index (χ1) is 6.45. The molecule has 4 nitrogen and oxygen atoms in total. The Morgan fingerprint density at radius 3 is 2.00 bits per heavy atom. The number of ether oxygens (including phenoxy) is 2. The van der Waals surface area contributed by atoms with E-state index < -0.39 is 0 Å². The molecule has 2 N–H and O–H groups in total. The molecule has 0 saturated carbocycles. The zero-order valence-corrected chi connectivity index (χ0v) is 9.50. The van der Waals surface area contributed by atoms with Gasteiger partial charge in [0.15, 0.2) is 0 Å². The maximum Gasteiger partial charge on any atom is 0.333 e. The maximum absolute atomic E-state index is 10.4. The van der Waals surface area contributed by atoms with Gasteiger partial charge in [-0.3, -0.25) is 0 Å². The van der Waals surface area contributed by atoms with Gasteiger partial charge in [0.05, 0.1) is 6.61 Å². The van der Waals surface area contributed by atoms with Crippen molar-refractivity contribution < 1.29 is 14.3 Å². The third kappa shape index (κ3) is 13.7. The van der Waals surface area contributed by atoms with Crippen LogP contribution in [0.15, 0.2) is 12.2 Å². The molecule has 0 aliphatic heterocycles. The number of carbonyl (C=O) groups is 1. The molecule has 1 atom stereocenters. The molecule has 0 aromatic rings. The average molecular weight is 203 g/mol. The first kappa shape index (κ1) is 15.6. The van der Waals surface area contributed by atoms with Crippen LogP contribution >= 0.6 is 0 Å². The molecular weight excluding hydrogens is 182 g/mol. The second kappa shape index (κ2) is 10.2. The Balaban J connectivity index is 0. The highest BCUT2D eigenvalue weighted by atomic mass is 16.5. The number of hydrogen-bond acceptors (Lipinski definition) is 4. The second-order valence-electron chi connectivity index (χ2n) is 2.66. The van der Waals surface area contributed by atoms with Gasteiger partial charge in [0.25, 0.3) is 0 Å². The fourth-order valence-electron chi connectivity index (χ4n) is 0.517. The molecule has 0 aliphatic rings. The lowest BCUT2D eigenvalue weighted by molar-refractivity contribution is -0.138. The van der Waals surface area contributed by atoms with Crippen LogP contribution in [0.4, 0.5) is 0 Å². The third-order valence-electron chi connectivity index (χ3n) is 1.05. The van der Waals surface area contributed by atoms with Crippen LogP contribution in [0.25, 0.3) is 0 Å². The fourth-order valence-corrected chi connectivity index (χ4v) is 0.517. The minimum Gasteiger partial charge on any atom is -0.463 e. The summed E-state index contributed by atoms with van der Waals surface area (Å²) in [5.74, 6) is -0.312. The van der Waals surface area contributed by atoms with Crippen LogP contribution in [0, 0.1) is 0 Å². The average Bonchev–Trinajstić information content (AvgIpc) is 2.05. The maximum atomic E-state index is 10.4. The lowest BCUT2D eigenvalue weighted by atomic mass is 10.4. The van der Waals surface area contributed by atoms with E-state index in [-0.39, 0.29) is 12.2 Å². The molecule has 0 saturated heterocycles. The van der Waals surface area contributed by atoms with E-state index >= 15 is 0 Å². The van der Waals surface area contributed by atoms with Gasteiger partial charge in [0.1, 0.15) is 6.23 Å². The van der Waals surface area contributed by atoms with E-state index in [2.05, 4.69) is 11.3 Å². The number of carbonyl (C=O) groups excluding carboxylic acids is 1. The predicted octanol–water partition coefficient (Wildman–Crippen LogP) is 1.45. The van der Waals surface area contributed by atoms with Gasteiger partial charge in [-0.15, -0.1) is 0 Å². The van der Waals surface area contributed by atoms with Gasteiger partial charge < -0.3 is 15.2 Å². The smallest absolute Gasteiger partial charge is 0.333 e. The Labute approximate surface area is 86.1 Å². The minimum absolute atomic E-state index is 0.102. The van der Waals surface area contributed by atoms with Crippen molar-refractivity contribution in [1.82, 2.24) is 0 Å². The molecule has 4 heteroatoms. The van der Waals surface area contributed by atoms with Crippen molar-refractivity contribution >= 4 is 5.97 Å². The Morgan fingerprint density at radius 2 is 1.93 bits per heavy atom. The van der Waals surface area contributed by atoms with E-state index in [9.17, 15) is 4.79 Å². The Bertz CT molecular complexity index is 167. The fraction of sp³-hybridized carbons (Fsp3) is 0.700. The molecule has 84 valence electrons. The predicted molar refractivity (Wildman–Crippen MR) is 56.7 cm³/mol. The molecule has 0 bridgehead atoms. The highest BCUT2D eigenvalue weighted by Gasteiger charge is 1.98. The molecule has 0 aromatic carbocycles. The van der Waals surface area contributed by atoms with Gasteiger partial charge in [0.2, 0.25) is 0 Å². The zero-order valence-electron chi connectivity index (χ0n) is 9.50. The van der Waals surface area contributed by atoms with Crippen LogP contribution in [0.3, 0.4) is 0 Å². The second-order valence-corrected chi connectivity index (χ2v) is 2.66. The molecule has 0 heterocycles. The van der Waals surface area contributed by atoms with Crippen LogP contribution in [0.2, 0.25) is 0 Å². The summed E-state index contributed by atoms with van der Waals surface area (Å²) in [7, 11) is 0. The number of hydrogen-bond donors (Lipinski definition) is 1. The molecule has 0 rings (SSSR count). The first-order valence-corrected chi connectivity index (χ1v) is 4.65. The molecule has 0 radical (unpaired) electrons. The largest absolute Gasteiger partial charge is 0.463 e. The van der Waals surface area contributed by atoms with Gasteiger partial charge in [-0.1, -0.05) is 6.58 Å². The lowest BCUT2D eigenvalue weighted by Gasteiger charge is -2.00. The summed E-state index contributed by atoms with van der Waals surface area (Å²) in [6, 6.07) is 0. The molecule has 0 amide bonds. The van der Waals surface area contributed by atoms with E-state index in [1.165, 1.54) is 0 Å². The topological polar surface area (TPSA) is 61.5 Å². The van der Waals surface area contributed by atoms with Crippen LogP contribution in [-0.4, -0.2) is 25.4 Å². The van der Waals surface area contributed by atoms with Crippen molar-refractivity contribution in [3.05, 3.63) is 12.2 Å². The number of rotatable bonds is 4. The van der Waals surface area contributed by atoms with Crippen LogP contribution in [0.5, 0.6) is 0 Å². The monoisotopic (exact) mass is 203 g/mol. The van der Waals surface area contributed by atoms with Crippen molar-refractivity contribution in [2.24, 2.45) is 5.73 Å². The first-order valence-electron chi connectivity index (χ1n) is 4.65. The van der Waals surface area contributed by atoms with Crippen LogP contribution in [0.1, 0.15) is 27.7 Å². The van der Waals surface area contributed by atoms with E-state index in [0.29, 0.717) is 18.8 Å². The normalized spacial score (nSPS) is 10.9. The van der Waals surface area contributed by atoms with Crippen molar-refractivity contribution in [3.63, 3.8) is 0 Å². The Kier molecular flexibility index (Phi) is 11.4. The summed E-state index contributed by atoms with van der Waals surface area (Å²) in [6.07, 6.45) is -0.102. The quantitative estimate of drug-likeness (QED) is 0.427. The SMILES string of the molecule is C=C(C)C(=O)OCC.CCOC(C)N. The number of esters is 1. The molecule has 14 heavy (non-hydrogen) atoms. The van der Waals surface area contributed by atoms with Gasteiger partial charge in [-0.05, 0) is 27.7 Å². The molecular formula is C10H21NO3. The van der Waals surface area contributed by atoms with E-state index in [0.717, 1.165) is 0 Å². The Morgan fingerprint density at radius 1 is 1.43 bits per heavy atom. The van der Waals surface area contributed by atoms with Crippen molar-refractivity contribution in [2.45, 2.75) is 33.9 Å². The highest BCUT2D eigenvalue weighted by Crippen LogP contribution is 1.89. The van der Waals surface area contributed by atoms with Crippen molar-refractivity contribution in [3.8, 4) is 0 Å². The van der Waals surface area contributed by atoms with E-state index in [1.54, 1.807) is 13.8 Å². The molecule has 0 aromatic heterocycles. The lowest BCUT2D eigenvalue weighted by Crippen LogP contribution is -2.18. The van der Waals surface area contributed by atoms with E-state index in [4.69, 9.17) is 10.5 Å². The van der Waals surface area contributed by atoms with Crippen molar-refractivity contribution in [1.29, 1.82) is 0 Å². The molecule has 0 fully saturated rings. The molecule has 0 spiro atoms. The zero-order chi connectivity index (χ0) is 11.6. The molecule has 1 unspecified atom stereocenters. The summed E-state index contributed by atoms with van der Waals surface area (Å²) in [6.45, 7) is 11.6. The van der Waals surface area contributed by atoms with Crippen LogP contribution < -0.4 is 5.73 Å². The minimum atomic E-state index is -0.312. The summed E-state index contributed by atoms with van der Waals surface area (Å²) in [5, 5.41) is 0. The van der Waals surface area contributed by atoms with Gasteiger partial charge >= 0.3 is 5.97 Å². The number of nitrogens with two attached hydrogens (primary N) is 1. The van der Waals surface area contributed by atoms with Crippen molar-refractivity contribution in [2.75, 3.05) is 13.2 Å². The molecule has 0 aliphatic carbocycles.